The van der Waals surface area contributed by atoms with Gasteiger partial charge in [0.05, 0.1) is 29.4 Å². The molecule has 4 heterocycles. The zero-order chi connectivity index (χ0) is 21.8. The van der Waals surface area contributed by atoms with Crippen LogP contribution < -0.4 is 10.1 Å². The first-order valence-corrected chi connectivity index (χ1v) is 10.2. The number of carbonyl (C=O) groups is 1. The average Bonchev–Trinajstić information content (AvgIpc) is 3.21. The zero-order valence-corrected chi connectivity index (χ0v) is 17.6. The van der Waals surface area contributed by atoms with Crippen LogP contribution >= 0.6 is 0 Å². The molecule has 10 heteroatoms. The molecule has 0 unspecified atom stereocenters. The molecular formula is C21H26N6O4. The normalized spacial score (nSPS) is 16.5. The second-order valence-corrected chi connectivity index (χ2v) is 7.47. The average molecular weight is 426 g/mol. The number of amides is 1. The minimum Gasteiger partial charge on any atom is -0.475 e. The maximum atomic E-state index is 11.4. The number of nitrogens with zero attached hydrogens (tertiary/aromatic N) is 5. The van der Waals surface area contributed by atoms with E-state index in [9.17, 15) is 9.90 Å². The predicted octanol–water partition coefficient (Wildman–Crippen LogP) is 2.68. The molecule has 1 saturated heterocycles. The van der Waals surface area contributed by atoms with Crippen molar-refractivity contribution in [2.45, 2.75) is 25.8 Å². The lowest BCUT2D eigenvalue weighted by Gasteiger charge is -2.32. The van der Waals surface area contributed by atoms with Gasteiger partial charge in [-0.3, -0.25) is 0 Å². The van der Waals surface area contributed by atoms with Gasteiger partial charge in [0.15, 0.2) is 5.82 Å². The van der Waals surface area contributed by atoms with Crippen molar-refractivity contribution >= 4 is 17.4 Å². The molecule has 0 saturated carbocycles. The van der Waals surface area contributed by atoms with Crippen molar-refractivity contribution < 1.29 is 19.4 Å². The maximum Gasteiger partial charge on any atom is 0.407 e. The number of pyridine rings is 1. The van der Waals surface area contributed by atoms with Gasteiger partial charge in [-0.05, 0) is 31.9 Å². The smallest absolute Gasteiger partial charge is 0.407 e. The van der Waals surface area contributed by atoms with E-state index in [1.807, 2.05) is 31.3 Å². The maximum absolute atomic E-state index is 11.4. The number of likely N-dealkylation sites (tertiary alicyclic amines) is 1. The Morgan fingerprint density at radius 3 is 3.00 bits per heavy atom. The van der Waals surface area contributed by atoms with Gasteiger partial charge in [0.2, 0.25) is 5.88 Å². The van der Waals surface area contributed by atoms with Crippen molar-refractivity contribution in [2.24, 2.45) is 0 Å². The van der Waals surface area contributed by atoms with Gasteiger partial charge in [-0.25, -0.2) is 14.3 Å². The van der Waals surface area contributed by atoms with Gasteiger partial charge in [0.1, 0.15) is 12.4 Å². The van der Waals surface area contributed by atoms with Crippen LogP contribution in [0.15, 0.2) is 30.6 Å². The molecule has 1 atom stereocenters. The monoisotopic (exact) mass is 426 g/mol. The van der Waals surface area contributed by atoms with E-state index in [1.54, 1.807) is 17.8 Å². The Balaban J connectivity index is 1.69. The van der Waals surface area contributed by atoms with E-state index in [4.69, 9.17) is 14.5 Å². The summed E-state index contributed by atoms with van der Waals surface area (Å²) in [5.41, 5.74) is 2.44. The minimum atomic E-state index is -0.901. The molecule has 1 fully saturated rings. The van der Waals surface area contributed by atoms with E-state index in [2.05, 4.69) is 15.4 Å². The molecular weight excluding hydrogens is 400 g/mol. The summed E-state index contributed by atoms with van der Waals surface area (Å²) in [6.07, 6.45) is 4.35. The molecule has 10 nitrogen and oxygen atoms in total. The number of carboxylic acid groups (broad SMARTS) is 1. The van der Waals surface area contributed by atoms with Crippen molar-refractivity contribution in [3.63, 3.8) is 0 Å². The topological polar surface area (TPSA) is 114 Å². The Labute approximate surface area is 179 Å². The quantitative estimate of drug-likeness (QED) is 0.554. The summed E-state index contributed by atoms with van der Waals surface area (Å²) in [5, 5.41) is 17.1. The number of nitrogens with one attached hydrogen (secondary N) is 1. The van der Waals surface area contributed by atoms with Crippen molar-refractivity contribution in [2.75, 3.05) is 38.7 Å². The first kappa shape index (κ1) is 20.9. The van der Waals surface area contributed by atoms with E-state index in [0.29, 0.717) is 43.8 Å². The van der Waals surface area contributed by atoms with Crippen LogP contribution in [0.2, 0.25) is 0 Å². The third-order valence-electron chi connectivity index (χ3n) is 5.33. The Bertz CT molecular complexity index is 1070. The van der Waals surface area contributed by atoms with Crippen LogP contribution in [0.5, 0.6) is 5.88 Å². The van der Waals surface area contributed by atoms with Crippen LogP contribution in [0.3, 0.4) is 0 Å². The highest BCUT2D eigenvalue weighted by Gasteiger charge is 2.25. The van der Waals surface area contributed by atoms with E-state index in [1.165, 1.54) is 4.90 Å². The number of methoxy groups -OCH3 is 1. The third-order valence-corrected chi connectivity index (χ3v) is 5.33. The summed E-state index contributed by atoms with van der Waals surface area (Å²) < 4.78 is 12.7. The molecule has 164 valence electrons. The summed E-state index contributed by atoms with van der Waals surface area (Å²) in [7, 11) is 1.62. The van der Waals surface area contributed by atoms with Gasteiger partial charge >= 0.3 is 6.09 Å². The summed E-state index contributed by atoms with van der Waals surface area (Å²) in [5.74, 6) is 1.59. The fraction of sp³-hybridized carbons (Fsp3) is 0.429. The molecule has 1 amide bonds. The molecule has 3 aromatic rings. The Hall–Kier alpha value is -3.40. The Morgan fingerprint density at radius 2 is 2.19 bits per heavy atom. The van der Waals surface area contributed by atoms with Crippen LogP contribution in [0, 0.1) is 6.92 Å². The van der Waals surface area contributed by atoms with Crippen molar-refractivity contribution in [3.8, 4) is 17.3 Å². The number of ether oxygens (including phenoxy) is 2. The second-order valence-electron chi connectivity index (χ2n) is 7.47. The Morgan fingerprint density at radius 1 is 1.32 bits per heavy atom. The number of piperidine rings is 1. The molecule has 0 bridgehead atoms. The molecule has 2 N–H and O–H groups in total. The van der Waals surface area contributed by atoms with E-state index >= 15 is 0 Å². The molecule has 0 aliphatic carbocycles. The molecule has 1 aliphatic rings. The van der Waals surface area contributed by atoms with Gasteiger partial charge < -0.3 is 24.8 Å². The Kier molecular flexibility index (Phi) is 6.17. The van der Waals surface area contributed by atoms with Gasteiger partial charge in [-0.2, -0.15) is 10.1 Å². The molecule has 0 spiro atoms. The minimum absolute atomic E-state index is 0.0398. The third kappa shape index (κ3) is 4.53. The molecule has 0 aromatic carbocycles. The molecule has 4 rings (SSSR count). The number of hydrogen-bond donors (Lipinski definition) is 2. The highest BCUT2D eigenvalue weighted by atomic mass is 16.5. The van der Waals surface area contributed by atoms with Crippen LogP contribution in [-0.4, -0.2) is 75.1 Å². The van der Waals surface area contributed by atoms with Gasteiger partial charge in [-0.1, -0.05) is 6.07 Å². The van der Waals surface area contributed by atoms with E-state index in [0.717, 1.165) is 29.5 Å². The number of fused-ring (bicyclic) bond motifs is 1. The van der Waals surface area contributed by atoms with Crippen LogP contribution in [0.25, 0.3) is 16.9 Å². The van der Waals surface area contributed by atoms with E-state index < -0.39 is 6.09 Å². The van der Waals surface area contributed by atoms with Crippen molar-refractivity contribution in [1.82, 2.24) is 24.5 Å². The fourth-order valence-corrected chi connectivity index (χ4v) is 3.69. The van der Waals surface area contributed by atoms with Crippen molar-refractivity contribution in [1.29, 1.82) is 0 Å². The number of aromatic nitrogens is 4. The molecule has 3 aromatic heterocycles. The standard InChI is InChI=1S/C21H26N6O4/c1-14-18(23-15-6-5-8-26(13-15)21(28)29)24-19(25-20(14)31-11-10-30-2)16-12-22-27-9-4-3-7-17(16)27/h3-4,7,9,12,15H,5-6,8,10-11,13H2,1-2H3,(H,28,29)(H,23,24,25)/t15-/m1/s1. The highest BCUT2D eigenvalue weighted by Crippen LogP contribution is 2.30. The van der Waals surface area contributed by atoms with Gasteiger partial charge in [-0.15, -0.1) is 0 Å². The predicted molar refractivity (Wildman–Crippen MR) is 115 cm³/mol. The molecule has 0 radical (unpaired) electrons. The van der Waals surface area contributed by atoms with E-state index in [-0.39, 0.29) is 6.04 Å². The fourth-order valence-electron chi connectivity index (χ4n) is 3.69. The van der Waals surface area contributed by atoms with Crippen LogP contribution in [-0.2, 0) is 4.74 Å². The SMILES string of the molecule is COCCOc1nc(-c2cnn3ccccc23)nc(N[C@@H]2CCCN(C(=O)O)C2)c1C. The van der Waals surface area contributed by atoms with Crippen LogP contribution in [0.1, 0.15) is 18.4 Å². The lowest BCUT2D eigenvalue weighted by molar-refractivity contribution is 0.132. The summed E-state index contributed by atoms with van der Waals surface area (Å²) in [6, 6.07) is 5.76. The molecule has 1 aliphatic heterocycles. The number of rotatable bonds is 7. The largest absolute Gasteiger partial charge is 0.475 e. The summed E-state index contributed by atoms with van der Waals surface area (Å²) in [6.45, 7) is 3.65. The summed E-state index contributed by atoms with van der Waals surface area (Å²) in [4.78, 5) is 22.2. The first-order chi connectivity index (χ1) is 15.1. The number of anilines is 1. The first-order valence-electron chi connectivity index (χ1n) is 10.2. The van der Waals surface area contributed by atoms with Gasteiger partial charge in [0.25, 0.3) is 0 Å². The second kappa shape index (κ2) is 9.17. The lowest BCUT2D eigenvalue weighted by atomic mass is 10.1. The van der Waals surface area contributed by atoms with Crippen LogP contribution in [0.4, 0.5) is 10.6 Å². The zero-order valence-electron chi connectivity index (χ0n) is 17.6. The van der Waals surface area contributed by atoms with Gasteiger partial charge in [0, 0.05) is 32.4 Å². The lowest BCUT2D eigenvalue weighted by Crippen LogP contribution is -2.44. The molecule has 31 heavy (non-hydrogen) atoms. The number of hydrogen-bond acceptors (Lipinski definition) is 7. The van der Waals surface area contributed by atoms with Crippen molar-refractivity contribution in [3.05, 3.63) is 36.2 Å². The summed E-state index contributed by atoms with van der Waals surface area (Å²) >= 11 is 0. The highest BCUT2D eigenvalue weighted by molar-refractivity contribution is 5.76.